The van der Waals surface area contributed by atoms with Gasteiger partial charge in [0.05, 0.1) is 11.6 Å². The average molecular weight is 333 g/mol. The van der Waals surface area contributed by atoms with Crippen LogP contribution in [0.1, 0.15) is 42.1 Å². The van der Waals surface area contributed by atoms with Gasteiger partial charge in [0.25, 0.3) is 5.91 Å². The second-order valence-electron chi connectivity index (χ2n) is 6.45. The fourth-order valence-electron chi connectivity index (χ4n) is 3.19. The lowest BCUT2D eigenvalue weighted by Crippen LogP contribution is -2.42. The fourth-order valence-corrected chi connectivity index (χ4v) is 4.16. The van der Waals surface area contributed by atoms with Crippen LogP contribution in [0.15, 0.2) is 29.3 Å². The summed E-state index contributed by atoms with van der Waals surface area (Å²) < 4.78 is 0. The number of nitrogens with zero attached hydrogens (tertiary/aromatic N) is 2. The Morgan fingerprint density at radius 2 is 2.17 bits per heavy atom. The lowest BCUT2D eigenvalue weighted by atomic mass is 9.89. The van der Waals surface area contributed by atoms with Crippen LogP contribution in [0.4, 0.5) is 0 Å². The third kappa shape index (κ3) is 3.53. The minimum atomic E-state index is -0.400. The van der Waals surface area contributed by atoms with Crippen molar-refractivity contribution >= 4 is 22.8 Å². The van der Waals surface area contributed by atoms with E-state index in [4.69, 9.17) is 5.73 Å². The average Bonchev–Trinajstić information content (AvgIpc) is 2.54. The number of β-amino-alcohol motifs (C(OH)–C–C–N with tert-alkyl or cyclic N) is 1. The van der Waals surface area contributed by atoms with E-state index in [0.717, 1.165) is 30.6 Å². The highest BCUT2D eigenvalue weighted by Crippen LogP contribution is 2.35. The number of hydrogen-bond donors (Lipinski definition) is 2. The first-order valence-electron chi connectivity index (χ1n) is 8.04. The maximum atomic E-state index is 12.5. The Balaban J connectivity index is 1.77. The molecule has 2 atom stereocenters. The molecule has 0 radical (unpaired) electrons. The molecular formula is C17H23N3O2S. The molecule has 23 heavy (non-hydrogen) atoms. The van der Waals surface area contributed by atoms with Crippen molar-refractivity contribution in [2.24, 2.45) is 10.7 Å². The van der Waals surface area contributed by atoms with Crippen molar-refractivity contribution in [1.29, 1.82) is 0 Å². The summed E-state index contributed by atoms with van der Waals surface area (Å²) in [5.41, 5.74) is 7.30. The number of piperidine rings is 1. The maximum absolute atomic E-state index is 12.5. The molecule has 2 unspecified atom stereocenters. The van der Waals surface area contributed by atoms with Gasteiger partial charge >= 0.3 is 0 Å². The molecule has 1 aromatic rings. The molecule has 2 aliphatic rings. The monoisotopic (exact) mass is 333 g/mol. The van der Waals surface area contributed by atoms with Crippen LogP contribution in [0.5, 0.6) is 0 Å². The molecule has 1 aromatic carbocycles. The molecule has 0 saturated carbocycles. The maximum Gasteiger partial charge on any atom is 0.253 e. The van der Waals surface area contributed by atoms with Crippen LogP contribution in [-0.4, -0.2) is 46.0 Å². The van der Waals surface area contributed by atoms with Crippen LogP contribution >= 0.6 is 11.8 Å². The summed E-state index contributed by atoms with van der Waals surface area (Å²) in [5, 5.41) is 10.4. The molecule has 1 saturated heterocycles. The van der Waals surface area contributed by atoms with E-state index in [1.807, 2.05) is 24.3 Å². The topological polar surface area (TPSA) is 78.9 Å². The van der Waals surface area contributed by atoms with E-state index in [9.17, 15) is 9.90 Å². The summed E-state index contributed by atoms with van der Waals surface area (Å²) in [4.78, 5) is 18.9. The van der Waals surface area contributed by atoms with Crippen molar-refractivity contribution in [1.82, 2.24) is 4.90 Å². The molecule has 2 aliphatic heterocycles. The molecule has 0 aromatic heterocycles. The van der Waals surface area contributed by atoms with E-state index < -0.39 is 6.10 Å². The Hall–Kier alpha value is -1.53. The summed E-state index contributed by atoms with van der Waals surface area (Å²) in [6, 6.07) is 7.66. The van der Waals surface area contributed by atoms with E-state index in [-0.39, 0.29) is 11.4 Å². The van der Waals surface area contributed by atoms with E-state index in [2.05, 4.69) is 11.9 Å². The van der Waals surface area contributed by atoms with Gasteiger partial charge < -0.3 is 15.7 Å². The van der Waals surface area contributed by atoms with Crippen LogP contribution in [0.3, 0.4) is 0 Å². The minimum Gasteiger partial charge on any atom is -0.391 e. The smallest absolute Gasteiger partial charge is 0.253 e. The van der Waals surface area contributed by atoms with Crippen LogP contribution in [0.2, 0.25) is 0 Å². The predicted octanol–water partition coefficient (Wildman–Crippen LogP) is 1.95. The standard InChI is InChI=1S/C17H23N3O2S/c1-17(8-10-23-16(18)19-17)13-6-4-12(5-7-13)15(22)20-9-2-3-14(21)11-20/h4-7,14,21H,2-3,8-11H2,1H3,(H2,18,19). The number of thioether (sulfide) groups is 1. The highest BCUT2D eigenvalue weighted by molar-refractivity contribution is 8.13. The summed E-state index contributed by atoms with van der Waals surface area (Å²) in [5.74, 6) is 0.945. The zero-order chi connectivity index (χ0) is 16.4. The van der Waals surface area contributed by atoms with E-state index in [0.29, 0.717) is 23.8 Å². The largest absolute Gasteiger partial charge is 0.391 e. The van der Waals surface area contributed by atoms with Crippen LogP contribution in [0, 0.1) is 0 Å². The van der Waals surface area contributed by atoms with E-state index in [1.54, 1.807) is 16.7 Å². The summed E-state index contributed by atoms with van der Waals surface area (Å²) >= 11 is 1.59. The first-order chi connectivity index (χ1) is 11.0. The van der Waals surface area contributed by atoms with E-state index >= 15 is 0 Å². The highest BCUT2D eigenvalue weighted by Gasteiger charge is 2.30. The Morgan fingerprint density at radius 1 is 1.43 bits per heavy atom. The SMILES string of the molecule is CC1(c2ccc(C(=O)N3CCCC(O)C3)cc2)CCSC(N)=N1. The number of amides is 1. The molecule has 1 amide bonds. The van der Waals surface area contributed by atoms with Gasteiger partial charge in [-0.05, 0) is 43.9 Å². The number of benzene rings is 1. The minimum absolute atomic E-state index is 0.0114. The van der Waals surface area contributed by atoms with Crippen LogP contribution in [-0.2, 0) is 5.54 Å². The van der Waals surface area contributed by atoms with Crippen molar-refractivity contribution in [3.63, 3.8) is 0 Å². The number of hydrogen-bond acceptors (Lipinski definition) is 5. The Labute approximate surface area is 141 Å². The van der Waals surface area contributed by atoms with Crippen molar-refractivity contribution in [3.8, 4) is 0 Å². The van der Waals surface area contributed by atoms with Gasteiger partial charge in [-0.2, -0.15) is 0 Å². The van der Waals surface area contributed by atoms with Crippen molar-refractivity contribution in [2.75, 3.05) is 18.8 Å². The van der Waals surface area contributed by atoms with Crippen LogP contribution < -0.4 is 5.73 Å². The highest BCUT2D eigenvalue weighted by atomic mass is 32.2. The number of amidine groups is 1. The number of aliphatic hydroxyl groups is 1. The summed E-state index contributed by atoms with van der Waals surface area (Å²) in [6.07, 6.45) is 2.17. The van der Waals surface area contributed by atoms with Crippen LogP contribution in [0.25, 0.3) is 0 Å². The van der Waals surface area contributed by atoms with Crippen molar-refractivity contribution in [2.45, 2.75) is 37.8 Å². The molecular weight excluding hydrogens is 310 g/mol. The number of nitrogens with two attached hydrogens (primary N) is 1. The third-order valence-electron chi connectivity index (χ3n) is 4.63. The quantitative estimate of drug-likeness (QED) is 0.867. The van der Waals surface area contributed by atoms with Gasteiger partial charge in [0.1, 0.15) is 0 Å². The Bertz CT molecular complexity index is 617. The lowest BCUT2D eigenvalue weighted by Gasteiger charge is -2.31. The molecule has 5 nitrogen and oxygen atoms in total. The molecule has 1 fully saturated rings. The number of carbonyl (C=O) groups excluding carboxylic acids is 1. The lowest BCUT2D eigenvalue weighted by molar-refractivity contribution is 0.0473. The van der Waals surface area contributed by atoms with E-state index in [1.165, 1.54) is 0 Å². The molecule has 6 heteroatoms. The first kappa shape index (κ1) is 16.3. The molecule has 3 rings (SSSR count). The normalized spacial score (nSPS) is 28.3. The zero-order valence-electron chi connectivity index (χ0n) is 13.4. The number of rotatable bonds is 2. The Kier molecular flexibility index (Phi) is 4.64. The predicted molar refractivity (Wildman–Crippen MR) is 93.6 cm³/mol. The molecule has 0 bridgehead atoms. The van der Waals surface area contributed by atoms with Gasteiger partial charge in [0, 0.05) is 24.4 Å². The van der Waals surface area contributed by atoms with Gasteiger partial charge in [0.2, 0.25) is 0 Å². The summed E-state index contributed by atoms with van der Waals surface area (Å²) in [6.45, 7) is 3.22. The molecule has 124 valence electrons. The zero-order valence-corrected chi connectivity index (χ0v) is 14.2. The van der Waals surface area contributed by atoms with Gasteiger partial charge in [-0.3, -0.25) is 9.79 Å². The first-order valence-corrected chi connectivity index (χ1v) is 9.02. The second-order valence-corrected chi connectivity index (χ2v) is 7.56. The van der Waals surface area contributed by atoms with Gasteiger partial charge in [0.15, 0.2) is 5.17 Å². The number of aliphatic hydroxyl groups excluding tert-OH is 1. The second kappa shape index (κ2) is 6.53. The molecule has 3 N–H and O–H groups in total. The molecule has 0 spiro atoms. The number of carbonyl (C=O) groups is 1. The van der Waals surface area contributed by atoms with Crippen molar-refractivity contribution in [3.05, 3.63) is 35.4 Å². The summed E-state index contributed by atoms with van der Waals surface area (Å²) in [7, 11) is 0. The number of likely N-dealkylation sites (tertiary alicyclic amines) is 1. The third-order valence-corrected chi connectivity index (χ3v) is 5.43. The molecule has 0 aliphatic carbocycles. The van der Waals surface area contributed by atoms with Crippen molar-refractivity contribution < 1.29 is 9.90 Å². The van der Waals surface area contributed by atoms with Gasteiger partial charge in [-0.1, -0.05) is 23.9 Å². The van der Waals surface area contributed by atoms with Gasteiger partial charge in [-0.15, -0.1) is 0 Å². The van der Waals surface area contributed by atoms with Gasteiger partial charge in [-0.25, -0.2) is 0 Å². The fraction of sp³-hybridized carbons (Fsp3) is 0.529. The number of aliphatic imine (C=N–C) groups is 1. The Morgan fingerprint density at radius 3 is 2.83 bits per heavy atom. The molecule has 2 heterocycles.